The molecule has 1 saturated heterocycles. The van der Waals surface area contributed by atoms with Crippen molar-refractivity contribution < 1.29 is 14.3 Å². The highest BCUT2D eigenvalue weighted by atomic mass is 16.5. The molecule has 1 aliphatic rings. The second kappa shape index (κ2) is 5.88. The molecule has 2 heterocycles. The van der Waals surface area contributed by atoms with Crippen LogP contribution in [0.2, 0.25) is 0 Å². The van der Waals surface area contributed by atoms with E-state index in [-0.39, 0.29) is 0 Å². The maximum atomic E-state index is 11.6. The van der Waals surface area contributed by atoms with Crippen LogP contribution in [0.3, 0.4) is 0 Å². The van der Waals surface area contributed by atoms with Crippen LogP contribution >= 0.6 is 0 Å². The van der Waals surface area contributed by atoms with Crippen LogP contribution in [0, 0.1) is 5.92 Å². The average Bonchev–Trinajstić information content (AvgIpc) is 2.87. The zero-order chi connectivity index (χ0) is 13.8. The maximum absolute atomic E-state index is 11.6. The molecule has 1 aromatic rings. The molecule has 0 bridgehead atoms. The molecular formula is C13H19N3O3. The summed E-state index contributed by atoms with van der Waals surface area (Å²) in [4.78, 5) is 18.0. The molecule has 1 fully saturated rings. The first kappa shape index (κ1) is 13.6. The van der Waals surface area contributed by atoms with Crippen molar-refractivity contribution >= 4 is 17.5 Å². The van der Waals surface area contributed by atoms with Crippen LogP contribution in [-0.2, 0) is 9.47 Å². The van der Waals surface area contributed by atoms with Gasteiger partial charge < -0.3 is 20.1 Å². The summed E-state index contributed by atoms with van der Waals surface area (Å²) in [6.45, 7) is 2.44. The zero-order valence-electron chi connectivity index (χ0n) is 11.3. The average molecular weight is 265 g/mol. The van der Waals surface area contributed by atoms with E-state index in [0.29, 0.717) is 23.0 Å². The molecule has 2 N–H and O–H groups in total. The predicted molar refractivity (Wildman–Crippen MR) is 72.2 cm³/mol. The minimum Gasteiger partial charge on any atom is -0.465 e. The minimum atomic E-state index is -0.436. The molecule has 0 saturated carbocycles. The van der Waals surface area contributed by atoms with Crippen molar-refractivity contribution in [3.05, 3.63) is 17.8 Å². The van der Waals surface area contributed by atoms with Crippen LogP contribution in [0.4, 0.5) is 11.5 Å². The van der Waals surface area contributed by atoms with Crippen LogP contribution in [0.25, 0.3) is 0 Å². The summed E-state index contributed by atoms with van der Waals surface area (Å²) in [6.07, 6.45) is 2.62. The molecule has 1 aromatic heterocycles. The van der Waals surface area contributed by atoms with Gasteiger partial charge in [-0.05, 0) is 12.5 Å². The SMILES string of the molecule is COCC1CCN(c2nccc(C(=O)OC)c2N)C1. The number of nitrogens with two attached hydrogens (primary N) is 1. The number of hydrogen-bond acceptors (Lipinski definition) is 6. The topological polar surface area (TPSA) is 77.7 Å². The Bertz CT molecular complexity index is 464. The van der Waals surface area contributed by atoms with E-state index in [4.69, 9.17) is 15.2 Å². The van der Waals surface area contributed by atoms with Gasteiger partial charge >= 0.3 is 5.97 Å². The van der Waals surface area contributed by atoms with Gasteiger partial charge in [0.15, 0.2) is 5.82 Å². The molecule has 0 aliphatic carbocycles. The van der Waals surface area contributed by atoms with E-state index >= 15 is 0 Å². The number of nitrogens with zero attached hydrogens (tertiary/aromatic N) is 2. The van der Waals surface area contributed by atoms with Crippen molar-refractivity contribution in [3.8, 4) is 0 Å². The lowest BCUT2D eigenvalue weighted by molar-refractivity contribution is 0.0602. The van der Waals surface area contributed by atoms with Crippen LogP contribution < -0.4 is 10.6 Å². The van der Waals surface area contributed by atoms with Gasteiger partial charge in [0.2, 0.25) is 0 Å². The van der Waals surface area contributed by atoms with E-state index < -0.39 is 5.97 Å². The first-order chi connectivity index (χ1) is 9.17. The summed E-state index contributed by atoms with van der Waals surface area (Å²) in [5, 5.41) is 0. The summed E-state index contributed by atoms with van der Waals surface area (Å²) in [7, 11) is 3.04. The zero-order valence-corrected chi connectivity index (χ0v) is 11.3. The fourth-order valence-corrected chi connectivity index (χ4v) is 2.40. The molecule has 0 amide bonds. The van der Waals surface area contributed by atoms with Crippen molar-refractivity contribution in [2.24, 2.45) is 5.92 Å². The third-order valence-corrected chi connectivity index (χ3v) is 3.36. The fourth-order valence-electron chi connectivity index (χ4n) is 2.40. The van der Waals surface area contributed by atoms with Crippen molar-refractivity contribution in [1.29, 1.82) is 0 Å². The Morgan fingerprint density at radius 2 is 2.37 bits per heavy atom. The van der Waals surface area contributed by atoms with Gasteiger partial charge in [-0.25, -0.2) is 9.78 Å². The Morgan fingerprint density at radius 1 is 1.58 bits per heavy atom. The standard InChI is InChI=1S/C13H19N3O3/c1-18-8-9-4-6-16(7-9)12-11(14)10(3-5-15-12)13(17)19-2/h3,5,9H,4,6-8,14H2,1-2H3. The van der Waals surface area contributed by atoms with E-state index in [1.165, 1.54) is 7.11 Å². The summed E-state index contributed by atoms with van der Waals surface area (Å²) in [5.74, 6) is 0.697. The molecule has 2 rings (SSSR count). The summed E-state index contributed by atoms with van der Waals surface area (Å²) in [5.41, 5.74) is 6.77. The molecule has 6 nitrogen and oxygen atoms in total. The number of esters is 1. The third-order valence-electron chi connectivity index (χ3n) is 3.36. The lowest BCUT2D eigenvalue weighted by Crippen LogP contribution is -2.24. The van der Waals surface area contributed by atoms with Crippen molar-refractivity contribution in [2.45, 2.75) is 6.42 Å². The monoisotopic (exact) mass is 265 g/mol. The van der Waals surface area contributed by atoms with Crippen molar-refractivity contribution in [3.63, 3.8) is 0 Å². The molecular weight excluding hydrogens is 246 g/mol. The third kappa shape index (κ3) is 2.78. The molecule has 0 spiro atoms. The number of methoxy groups -OCH3 is 2. The lowest BCUT2D eigenvalue weighted by atomic mass is 10.1. The van der Waals surface area contributed by atoms with E-state index in [2.05, 4.69) is 9.88 Å². The second-order valence-electron chi connectivity index (χ2n) is 4.64. The molecule has 104 valence electrons. The van der Waals surface area contributed by atoms with Gasteiger partial charge in [0.1, 0.15) is 0 Å². The Morgan fingerprint density at radius 3 is 3.05 bits per heavy atom. The quantitative estimate of drug-likeness (QED) is 0.816. The number of hydrogen-bond donors (Lipinski definition) is 1. The van der Waals surface area contributed by atoms with E-state index in [0.717, 1.165) is 26.1 Å². The fraction of sp³-hybridized carbons (Fsp3) is 0.538. The first-order valence-electron chi connectivity index (χ1n) is 6.24. The van der Waals surface area contributed by atoms with Gasteiger partial charge in [-0.1, -0.05) is 0 Å². The van der Waals surface area contributed by atoms with Gasteiger partial charge in [-0.3, -0.25) is 0 Å². The van der Waals surface area contributed by atoms with Crippen LogP contribution in [0.1, 0.15) is 16.8 Å². The highest BCUT2D eigenvalue weighted by molar-refractivity contribution is 5.97. The second-order valence-corrected chi connectivity index (χ2v) is 4.64. The summed E-state index contributed by atoms with van der Waals surface area (Å²) < 4.78 is 9.88. The Hall–Kier alpha value is -1.82. The normalized spacial score (nSPS) is 18.6. The maximum Gasteiger partial charge on any atom is 0.340 e. The summed E-state index contributed by atoms with van der Waals surface area (Å²) >= 11 is 0. The van der Waals surface area contributed by atoms with Crippen LogP contribution in [0.15, 0.2) is 12.3 Å². The number of rotatable bonds is 4. The Balaban J connectivity index is 2.19. The molecule has 1 aliphatic heterocycles. The van der Waals surface area contributed by atoms with E-state index in [9.17, 15) is 4.79 Å². The summed E-state index contributed by atoms with van der Waals surface area (Å²) in [6, 6.07) is 1.58. The number of anilines is 2. The van der Waals surface area contributed by atoms with Crippen molar-refractivity contribution in [1.82, 2.24) is 4.98 Å². The number of carbonyl (C=O) groups is 1. The van der Waals surface area contributed by atoms with Gasteiger partial charge in [-0.15, -0.1) is 0 Å². The van der Waals surface area contributed by atoms with Gasteiger partial charge in [-0.2, -0.15) is 0 Å². The van der Waals surface area contributed by atoms with E-state index in [1.807, 2.05) is 0 Å². The van der Waals surface area contributed by atoms with Gasteiger partial charge in [0, 0.05) is 32.3 Å². The van der Waals surface area contributed by atoms with Gasteiger partial charge in [0.25, 0.3) is 0 Å². The lowest BCUT2D eigenvalue weighted by Gasteiger charge is -2.20. The van der Waals surface area contributed by atoms with Crippen LogP contribution in [0.5, 0.6) is 0 Å². The largest absolute Gasteiger partial charge is 0.465 e. The van der Waals surface area contributed by atoms with Crippen LogP contribution in [-0.4, -0.2) is 44.9 Å². The molecule has 0 aromatic carbocycles. The Labute approximate surface area is 112 Å². The number of nitrogen functional groups attached to an aromatic ring is 1. The highest BCUT2D eigenvalue weighted by Gasteiger charge is 2.26. The smallest absolute Gasteiger partial charge is 0.340 e. The number of aromatic nitrogens is 1. The number of carbonyl (C=O) groups excluding carboxylic acids is 1. The number of ether oxygens (including phenoxy) is 2. The van der Waals surface area contributed by atoms with Crippen molar-refractivity contribution in [2.75, 3.05) is 44.5 Å². The Kier molecular flexibility index (Phi) is 4.21. The minimum absolute atomic E-state index is 0.364. The molecule has 1 atom stereocenters. The van der Waals surface area contributed by atoms with Gasteiger partial charge in [0.05, 0.1) is 25.0 Å². The molecule has 6 heteroatoms. The molecule has 19 heavy (non-hydrogen) atoms. The number of pyridine rings is 1. The molecule has 1 unspecified atom stereocenters. The highest BCUT2D eigenvalue weighted by Crippen LogP contribution is 2.29. The predicted octanol–water partition coefficient (Wildman–Crippen LogP) is 0.923. The molecule has 0 radical (unpaired) electrons. The first-order valence-corrected chi connectivity index (χ1v) is 6.24. The van der Waals surface area contributed by atoms with E-state index in [1.54, 1.807) is 19.4 Å².